The molecule has 1 heterocycles. The van der Waals surface area contributed by atoms with E-state index in [0.29, 0.717) is 29.2 Å². The molecule has 0 atom stereocenters. The van der Waals surface area contributed by atoms with Crippen molar-refractivity contribution in [1.29, 1.82) is 0 Å². The fraction of sp³-hybridized carbons (Fsp3) is 0.391. The third kappa shape index (κ3) is 4.53. The summed E-state index contributed by atoms with van der Waals surface area (Å²) in [6.07, 6.45) is 7.14. The molecule has 1 aliphatic heterocycles. The number of fused-ring (bicyclic) bond motifs is 1. The van der Waals surface area contributed by atoms with Crippen molar-refractivity contribution >= 4 is 17.5 Å². The van der Waals surface area contributed by atoms with E-state index in [0.717, 1.165) is 18.4 Å². The molecular weight excluding hydrogens is 352 g/mol. The van der Waals surface area contributed by atoms with Gasteiger partial charge in [0.15, 0.2) is 0 Å². The van der Waals surface area contributed by atoms with Crippen LogP contribution in [0.4, 0.5) is 5.69 Å². The maximum absolute atomic E-state index is 12.6. The number of nitrogens with zero attached hydrogens (tertiary/aromatic N) is 1. The predicted molar refractivity (Wildman–Crippen MR) is 110 cm³/mol. The van der Waals surface area contributed by atoms with Crippen LogP contribution in [0.1, 0.15) is 71.7 Å². The van der Waals surface area contributed by atoms with Crippen molar-refractivity contribution in [2.75, 3.05) is 12.3 Å². The van der Waals surface area contributed by atoms with Crippen molar-refractivity contribution in [2.45, 2.75) is 52.0 Å². The monoisotopic (exact) mass is 380 g/mol. The predicted octanol–water partition coefficient (Wildman–Crippen LogP) is 4.80. The Morgan fingerprint density at radius 2 is 1.54 bits per heavy atom. The van der Waals surface area contributed by atoms with Crippen LogP contribution in [0.15, 0.2) is 42.5 Å². The van der Waals surface area contributed by atoms with Gasteiger partial charge in [0, 0.05) is 11.3 Å². The normalized spacial score (nSPS) is 13.1. The maximum Gasteiger partial charge on any atom is 0.261 e. The number of ether oxygens (including phenoxy) is 1. The zero-order chi connectivity index (χ0) is 19.9. The number of carbonyl (C=O) groups excluding carboxylic acids is 2. The molecule has 0 unspecified atom stereocenters. The second-order valence-electron chi connectivity index (χ2n) is 7.23. The van der Waals surface area contributed by atoms with E-state index >= 15 is 0 Å². The Morgan fingerprint density at radius 1 is 0.893 bits per heavy atom. The zero-order valence-corrected chi connectivity index (χ0v) is 16.4. The van der Waals surface area contributed by atoms with Crippen LogP contribution in [0.5, 0.6) is 5.75 Å². The average molecular weight is 380 g/mol. The first-order valence-corrected chi connectivity index (χ1v) is 10.1. The van der Waals surface area contributed by atoms with Gasteiger partial charge < -0.3 is 10.5 Å². The Balaban J connectivity index is 1.64. The summed E-state index contributed by atoms with van der Waals surface area (Å²) in [5.74, 6) is 0.133. The van der Waals surface area contributed by atoms with Crippen LogP contribution in [0.25, 0.3) is 0 Å². The molecule has 0 spiro atoms. The van der Waals surface area contributed by atoms with Crippen LogP contribution >= 0.6 is 0 Å². The Hall–Kier alpha value is -2.82. The minimum absolute atomic E-state index is 0.156. The number of hydrogen-bond donors (Lipinski definition) is 1. The lowest BCUT2D eigenvalue weighted by Crippen LogP contribution is -2.29. The highest BCUT2D eigenvalue weighted by atomic mass is 16.5. The van der Waals surface area contributed by atoms with Gasteiger partial charge in [-0.15, -0.1) is 0 Å². The minimum atomic E-state index is -0.273. The van der Waals surface area contributed by atoms with E-state index in [1.807, 2.05) is 6.07 Å². The van der Waals surface area contributed by atoms with Gasteiger partial charge in [0.25, 0.3) is 11.8 Å². The van der Waals surface area contributed by atoms with Crippen LogP contribution in [0.2, 0.25) is 0 Å². The maximum atomic E-state index is 12.6. The van der Waals surface area contributed by atoms with E-state index in [-0.39, 0.29) is 18.4 Å². The van der Waals surface area contributed by atoms with E-state index in [4.69, 9.17) is 10.5 Å². The molecule has 2 amide bonds. The summed E-state index contributed by atoms with van der Waals surface area (Å²) < 4.78 is 5.95. The van der Waals surface area contributed by atoms with Gasteiger partial charge in [0.1, 0.15) is 5.75 Å². The highest BCUT2D eigenvalue weighted by Gasteiger charge is 2.35. The van der Waals surface area contributed by atoms with Gasteiger partial charge in [-0.2, -0.15) is 0 Å². The lowest BCUT2D eigenvalue weighted by Gasteiger charge is -2.18. The van der Waals surface area contributed by atoms with Gasteiger partial charge >= 0.3 is 0 Å². The zero-order valence-electron chi connectivity index (χ0n) is 16.4. The van der Waals surface area contributed by atoms with E-state index < -0.39 is 0 Å². The minimum Gasteiger partial charge on any atom is -0.493 e. The standard InChI is InChI=1S/C23H28N2O3/c1-2-3-4-5-6-9-14-28-21-13-12-18(24)15-17(21)16-25-22(26)19-10-7-8-11-20(19)23(25)27/h7-8,10-13,15H,2-6,9,14,16,24H2,1H3. The number of rotatable bonds is 10. The fourth-order valence-electron chi connectivity index (χ4n) is 3.48. The molecule has 5 nitrogen and oxygen atoms in total. The molecule has 0 fully saturated rings. The molecule has 2 aromatic rings. The number of hydrogen-bond acceptors (Lipinski definition) is 4. The number of anilines is 1. The highest BCUT2D eigenvalue weighted by molar-refractivity contribution is 6.21. The van der Waals surface area contributed by atoms with E-state index in [1.165, 1.54) is 30.6 Å². The molecule has 0 aliphatic carbocycles. The summed E-state index contributed by atoms with van der Waals surface area (Å²) in [6, 6.07) is 12.3. The number of nitrogens with two attached hydrogens (primary N) is 1. The molecule has 2 aromatic carbocycles. The van der Waals surface area contributed by atoms with Crippen molar-refractivity contribution < 1.29 is 14.3 Å². The Morgan fingerprint density at radius 3 is 2.21 bits per heavy atom. The number of carbonyl (C=O) groups is 2. The molecule has 3 rings (SSSR count). The van der Waals surface area contributed by atoms with Gasteiger partial charge in [-0.1, -0.05) is 51.2 Å². The lowest BCUT2D eigenvalue weighted by molar-refractivity contribution is 0.0641. The Kier molecular flexibility index (Phi) is 6.69. The molecule has 1 aliphatic rings. The van der Waals surface area contributed by atoms with Crippen molar-refractivity contribution in [2.24, 2.45) is 0 Å². The van der Waals surface area contributed by atoms with Crippen molar-refractivity contribution in [3.63, 3.8) is 0 Å². The van der Waals surface area contributed by atoms with Gasteiger partial charge in [0.2, 0.25) is 0 Å². The molecule has 5 heteroatoms. The topological polar surface area (TPSA) is 72.6 Å². The van der Waals surface area contributed by atoms with Crippen molar-refractivity contribution in [3.05, 3.63) is 59.2 Å². The number of imide groups is 1. The third-order valence-electron chi connectivity index (χ3n) is 5.05. The molecule has 0 saturated heterocycles. The number of nitrogen functional groups attached to an aromatic ring is 1. The largest absolute Gasteiger partial charge is 0.493 e. The Bertz CT molecular complexity index is 812. The first-order valence-electron chi connectivity index (χ1n) is 10.1. The van der Waals surface area contributed by atoms with E-state index in [2.05, 4.69) is 6.92 Å². The van der Waals surface area contributed by atoms with Gasteiger partial charge in [0.05, 0.1) is 24.3 Å². The van der Waals surface area contributed by atoms with Crippen molar-refractivity contribution in [1.82, 2.24) is 4.90 Å². The molecule has 0 aromatic heterocycles. The second-order valence-corrected chi connectivity index (χ2v) is 7.23. The van der Waals surface area contributed by atoms with Gasteiger partial charge in [-0.25, -0.2) is 0 Å². The number of benzene rings is 2. The molecule has 0 saturated carbocycles. The summed E-state index contributed by atoms with van der Waals surface area (Å²) in [6.45, 7) is 2.98. The highest BCUT2D eigenvalue weighted by Crippen LogP contribution is 2.28. The SMILES string of the molecule is CCCCCCCCOc1ccc(N)cc1CN1C(=O)c2ccccc2C1=O. The fourth-order valence-corrected chi connectivity index (χ4v) is 3.48. The van der Waals surface area contributed by atoms with Gasteiger partial charge in [-0.3, -0.25) is 14.5 Å². The summed E-state index contributed by atoms with van der Waals surface area (Å²) in [4.78, 5) is 26.5. The molecule has 148 valence electrons. The molecule has 0 radical (unpaired) electrons. The summed E-state index contributed by atoms with van der Waals surface area (Å²) in [5, 5.41) is 0. The summed E-state index contributed by atoms with van der Waals surface area (Å²) in [7, 11) is 0. The Labute approximate surface area is 166 Å². The smallest absolute Gasteiger partial charge is 0.261 e. The quantitative estimate of drug-likeness (QED) is 0.365. The van der Waals surface area contributed by atoms with Crippen LogP contribution in [-0.2, 0) is 6.54 Å². The van der Waals surface area contributed by atoms with Gasteiger partial charge in [-0.05, 0) is 36.8 Å². The number of unbranched alkanes of at least 4 members (excludes halogenated alkanes) is 5. The third-order valence-corrected chi connectivity index (χ3v) is 5.05. The molecule has 2 N–H and O–H groups in total. The summed E-state index contributed by atoms with van der Waals surface area (Å²) in [5.41, 5.74) is 8.17. The van der Waals surface area contributed by atoms with E-state index in [1.54, 1.807) is 36.4 Å². The van der Waals surface area contributed by atoms with Crippen LogP contribution in [0, 0.1) is 0 Å². The summed E-state index contributed by atoms with van der Waals surface area (Å²) >= 11 is 0. The van der Waals surface area contributed by atoms with Crippen LogP contribution in [0.3, 0.4) is 0 Å². The lowest BCUT2D eigenvalue weighted by atomic mass is 10.1. The first kappa shape index (κ1) is 19.9. The molecular formula is C23H28N2O3. The van der Waals surface area contributed by atoms with Crippen LogP contribution in [-0.4, -0.2) is 23.3 Å². The average Bonchev–Trinajstić information content (AvgIpc) is 2.94. The molecule has 0 bridgehead atoms. The van der Waals surface area contributed by atoms with E-state index in [9.17, 15) is 9.59 Å². The first-order chi connectivity index (χ1) is 13.6. The molecule has 28 heavy (non-hydrogen) atoms. The number of amides is 2. The second kappa shape index (κ2) is 9.40. The van der Waals surface area contributed by atoms with Crippen molar-refractivity contribution in [3.8, 4) is 5.75 Å². The van der Waals surface area contributed by atoms with Crippen LogP contribution < -0.4 is 10.5 Å².